The number of carboxylic acid groups (broad SMARTS) is 1. The largest absolute Gasteiger partial charge is 0.480 e. The number of hydrogen-bond donors (Lipinski definition) is 2. The van der Waals surface area contributed by atoms with E-state index in [0.29, 0.717) is 23.2 Å². The standard InChI is InChI=1S/C17H18FNO2/c1-11-8-13(9-12(2)15(11)18)10-19-16(17(20)21)14-6-4-3-5-7-14/h3-9,16,19H,10H2,1-2H3,(H,20,21). The van der Waals surface area contributed by atoms with Gasteiger partial charge in [0.15, 0.2) is 0 Å². The molecule has 21 heavy (non-hydrogen) atoms. The summed E-state index contributed by atoms with van der Waals surface area (Å²) in [5.74, 6) is -1.15. The Labute approximate surface area is 123 Å². The van der Waals surface area contributed by atoms with Crippen LogP contribution in [0.25, 0.3) is 0 Å². The molecule has 0 bridgehead atoms. The van der Waals surface area contributed by atoms with Crippen molar-refractivity contribution in [2.45, 2.75) is 26.4 Å². The maximum Gasteiger partial charge on any atom is 0.325 e. The van der Waals surface area contributed by atoms with Crippen molar-refractivity contribution in [3.05, 3.63) is 70.5 Å². The van der Waals surface area contributed by atoms with Crippen LogP contribution in [0.1, 0.15) is 28.3 Å². The van der Waals surface area contributed by atoms with Crippen LogP contribution in [0.15, 0.2) is 42.5 Å². The summed E-state index contributed by atoms with van der Waals surface area (Å²) in [6.07, 6.45) is 0. The number of aliphatic carboxylic acids is 1. The van der Waals surface area contributed by atoms with Gasteiger partial charge in [-0.25, -0.2) is 4.39 Å². The van der Waals surface area contributed by atoms with Crippen LogP contribution < -0.4 is 5.32 Å². The molecule has 110 valence electrons. The average Bonchev–Trinajstić information content (AvgIpc) is 2.45. The van der Waals surface area contributed by atoms with Gasteiger partial charge in [-0.1, -0.05) is 42.5 Å². The zero-order valence-corrected chi connectivity index (χ0v) is 12.1. The maximum atomic E-state index is 13.6. The average molecular weight is 287 g/mol. The van der Waals surface area contributed by atoms with Gasteiger partial charge < -0.3 is 5.11 Å². The molecule has 2 aromatic rings. The number of carbonyl (C=O) groups is 1. The van der Waals surface area contributed by atoms with Gasteiger partial charge in [-0.05, 0) is 36.1 Å². The monoisotopic (exact) mass is 287 g/mol. The minimum absolute atomic E-state index is 0.211. The normalized spacial score (nSPS) is 12.1. The summed E-state index contributed by atoms with van der Waals surface area (Å²) in [4.78, 5) is 11.4. The van der Waals surface area contributed by atoms with Gasteiger partial charge in [0.2, 0.25) is 0 Å². The van der Waals surface area contributed by atoms with Crippen LogP contribution >= 0.6 is 0 Å². The molecule has 0 aromatic heterocycles. The van der Waals surface area contributed by atoms with Gasteiger partial charge in [0, 0.05) is 6.54 Å². The molecule has 0 heterocycles. The van der Waals surface area contributed by atoms with E-state index >= 15 is 0 Å². The molecule has 0 aliphatic rings. The third-order valence-electron chi connectivity index (χ3n) is 3.39. The Morgan fingerprint density at radius 2 is 1.76 bits per heavy atom. The summed E-state index contributed by atoms with van der Waals surface area (Å²) in [6, 6.07) is 11.7. The van der Waals surface area contributed by atoms with Gasteiger partial charge in [-0.15, -0.1) is 0 Å². The first-order valence-electron chi connectivity index (χ1n) is 6.76. The highest BCUT2D eigenvalue weighted by Crippen LogP contribution is 2.17. The second-order valence-electron chi connectivity index (χ2n) is 5.11. The van der Waals surface area contributed by atoms with Crippen molar-refractivity contribution in [2.75, 3.05) is 0 Å². The Kier molecular flexibility index (Phi) is 4.70. The first-order valence-corrected chi connectivity index (χ1v) is 6.76. The molecule has 2 N–H and O–H groups in total. The molecular formula is C17H18FNO2. The lowest BCUT2D eigenvalue weighted by Gasteiger charge is -2.15. The SMILES string of the molecule is Cc1cc(CNC(C(=O)O)c2ccccc2)cc(C)c1F. The number of aryl methyl sites for hydroxylation is 2. The first kappa shape index (κ1) is 15.2. The molecular weight excluding hydrogens is 269 g/mol. The highest BCUT2D eigenvalue weighted by Gasteiger charge is 2.18. The van der Waals surface area contributed by atoms with Crippen LogP contribution in [0.4, 0.5) is 4.39 Å². The van der Waals surface area contributed by atoms with Gasteiger partial charge in [0.05, 0.1) is 0 Å². The second-order valence-corrected chi connectivity index (χ2v) is 5.11. The fraction of sp³-hybridized carbons (Fsp3) is 0.235. The number of carboxylic acids is 1. The fourth-order valence-corrected chi connectivity index (χ4v) is 2.35. The Bertz CT molecular complexity index is 617. The number of benzene rings is 2. The van der Waals surface area contributed by atoms with Crippen molar-refractivity contribution in [3.63, 3.8) is 0 Å². The van der Waals surface area contributed by atoms with E-state index < -0.39 is 12.0 Å². The van der Waals surface area contributed by atoms with E-state index in [4.69, 9.17) is 0 Å². The highest BCUT2D eigenvalue weighted by molar-refractivity contribution is 5.75. The van der Waals surface area contributed by atoms with Crippen molar-refractivity contribution < 1.29 is 14.3 Å². The summed E-state index contributed by atoms with van der Waals surface area (Å²) >= 11 is 0. The van der Waals surface area contributed by atoms with Gasteiger partial charge in [0.1, 0.15) is 11.9 Å². The lowest BCUT2D eigenvalue weighted by atomic mass is 10.0. The van der Waals surface area contributed by atoms with Crippen LogP contribution in [-0.4, -0.2) is 11.1 Å². The van der Waals surface area contributed by atoms with Gasteiger partial charge >= 0.3 is 5.97 Å². The molecule has 0 aliphatic heterocycles. The highest BCUT2D eigenvalue weighted by atomic mass is 19.1. The molecule has 0 saturated heterocycles. The molecule has 0 fully saturated rings. The Hall–Kier alpha value is -2.20. The van der Waals surface area contributed by atoms with Gasteiger partial charge in [-0.3, -0.25) is 10.1 Å². The molecule has 2 rings (SSSR count). The minimum Gasteiger partial charge on any atom is -0.480 e. The van der Waals surface area contributed by atoms with Crippen molar-refractivity contribution in [1.82, 2.24) is 5.32 Å². The van der Waals surface area contributed by atoms with Crippen molar-refractivity contribution in [3.8, 4) is 0 Å². The molecule has 1 unspecified atom stereocenters. The lowest BCUT2D eigenvalue weighted by molar-refractivity contribution is -0.139. The van der Waals surface area contributed by atoms with Gasteiger partial charge in [-0.2, -0.15) is 0 Å². The third-order valence-corrected chi connectivity index (χ3v) is 3.39. The van der Waals surface area contributed by atoms with E-state index in [1.807, 2.05) is 6.07 Å². The molecule has 4 heteroatoms. The smallest absolute Gasteiger partial charge is 0.325 e. The molecule has 0 aliphatic carbocycles. The van der Waals surface area contributed by atoms with E-state index in [1.54, 1.807) is 50.2 Å². The van der Waals surface area contributed by atoms with Crippen LogP contribution in [0.3, 0.4) is 0 Å². The summed E-state index contributed by atoms with van der Waals surface area (Å²) in [7, 11) is 0. The van der Waals surface area contributed by atoms with Crippen LogP contribution in [0.2, 0.25) is 0 Å². The number of rotatable bonds is 5. The number of nitrogens with one attached hydrogen (secondary N) is 1. The third kappa shape index (κ3) is 3.67. The lowest BCUT2D eigenvalue weighted by Crippen LogP contribution is -2.28. The van der Waals surface area contributed by atoms with Crippen molar-refractivity contribution in [1.29, 1.82) is 0 Å². The minimum atomic E-state index is -0.934. The van der Waals surface area contributed by atoms with Gasteiger partial charge in [0.25, 0.3) is 0 Å². The van der Waals surface area contributed by atoms with Crippen molar-refractivity contribution in [2.24, 2.45) is 0 Å². The topological polar surface area (TPSA) is 49.3 Å². The molecule has 1 atom stereocenters. The number of hydrogen-bond acceptors (Lipinski definition) is 2. The first-order chi connectivity index (χ1) is 9.99. The zero-order valence-electron chi connectivity index (χ0n) is 12.1. The summed E-state index contributed by atoms with van der Waals surface area (Å²) in [6.45, 7) is 3.78. The quantitative estimate of drug-likeness (QED) is 0.886. The maximum absolute atomic E-state index is 13.6. The van der Waals surface area contributed by atoms with Crippen LogP contribution in [-0.2, 0) is 11.3 Å². The van der Waals surface area contributed by atoms with E-state index in [-0.39, 0.29) is 5.82 Å². The zero-order chi connectivity index (χ0) is 15.4. The molecule has 2 aromatic carbocycles. The molecule has 0 spiro atoms. The van der Waals surface area contributed by atoms with E-state index in [2.05, 4.69) is 5.32 Å². The predicted molar refractivity (Wildman–Crippen MR) is 79.5 cm³/mol. The van der Waals surface area contributed by atoms with E-state index in [0.717, 1.165) is 5.56 Å². The molecule has 0 saturated carbocycles. The summed E-state index contributed by atoms with van der Waals surface area (Å²) < 4.78 is 13.6. The van der Waals surface area contributed by atoms with Crippen LogP contribution in [0, 0.1) is 19.7 Å². The van der Waals surface area contributed by atoms with E-state index in [1.165, 1.54) is 0 Å². The number of halogens is 1. The second kappa shape index (κ2) is 6.50. The Morgan fingerprint density at radius 1 is 1.19 bits per heavy atom. The summed E-state index contributed by atoms with van der Waals surface area (Å²) in [5.41, 5.74) is 2.70. The molecule has 3 nitrogen and oxygen atoms in total. The molecule has 0 amide bonds. The predicted octanol–water partition coefficient (Wildman–Crippen LogP) is 3.36. The van der Waals surface area contributed by atoms with Crippen LogP contribution in [0.5, 0.6) is 0 Å². The summed E-state index contributed by atoms with van der Waals surface area (Å²) in [5, 5.41) is 12.3. The Balaban J connectivity index is 2.15. The fourth-order valence-electron chi connectivity index (χ4n) is 2.35. The molecule has 0 radical (unpaired) electrons. The van der Waals surface area contributed by atoms with Crippen molar-refractivity contribution >= 4 is 5.97 Å². The van der Waals surface area contributed by atoms with E-state index in [9.17, 15) is 14.3 Å². The Morgan fingerprint density at radius 3 is 2.29 bits per heavy atom.